The van der Waals surface area contributed by atoms with E-state index < -0.39 is 5.60 Å². The summed E-state index contributed by atoms with van der Waals surface area (Å²) in [5.41, 5.74) is -0.546. The molecule has 0 atom stereocenters. The fourth-order valence-corrected chi connectivity index (χ4v) is 3.22. The second-order valence-corrected chi connectivity index (χ2v) is 6.20. The van der Waals surface area contributed by atoms with E-state index in [1.807, 2.05) is 13.0 Å². The van der Waals surface area contributed by atoms with Crippen LogP contribution in [0.2, 0.25) is 0 Å². The maximum Gasteiger partial charge on any atom is 0.132 e. The molecule has 0 radical (unpaired) electrons. The molecule has 0 spiro atoms. The highest BCUT2D eigenvalue weighted by Gasteiger charge is 2.34. The first-order chi connectivity index (χ1) is 10.1. The van der Waals surface area contributed by atoms with Crippen molar-refractivity contribution in [2.75, 3.05) is 50.7 Å². The molecule has 6 nitrogen and oxygen atoms in total. The molecule has 0 unspecified atom stereocenters. The lowest BCUT2D eigenvalue weighted by molar-refractivity contribution is -0.0186. The Labute approximate surface area is 126 Å². The van der Waals surface area contributed by atoms with Crippen molar-refractivity contribution >= 4 is 5.82 Å². The summed E-state index contributed by atoms with van der Waals surface area (Å²) in [5.74, 6) is 1.78. The van der Waals surface area contributed by atoms with Crippen molar-refractivity contribution in [1.29, 1.82) is 0 Å². The predicted molar refractivity (Wildman–Crippen MR) is 82.5 cm³/mol. The van der Waals surface area contributed by atoms with Crippen molar-refractivity contribution in [2.24, 2.45) is 0 Å². The van der Waals surface area contributed by atoms with Crippen LogP contribution >= 0.6 is 0 Å². The van der Waals surface area contributed by atoms with Crippen molar-refractivity contribution in [3.8, 4) is 0 Å². The number of aryl methyl sites for hydroxylation is 1. The van der Waals surface area contributed by atoms with Gasteiger partial charge < -0.3 is 15.3 Å². The van der Waals surface area contributed by atoms with Gasteiger partial charge in [-0.2, -0.15) is 0 Å². The number of nitrogens with zero attached hydrogens (tertiary/aromatic N) is 4. The van der Waals surface area contributed by atoms with Gasteiger partial charge in [-0.3, -0.25) is 4.90 Å². The fourth-order valence-electron chi connectivity index (χ4n) is 3.22. The lowest BCUT2D eigenvalue weighted by Crippen LogP contribution is -2.54. The number of aromatic nitrogens is 2. The minimum Gasteiger partial charge on any atom is -0.388 e. The molecule has 2 aliphatic heterocycles. The van der Waals surface area contributed by atoms with Crippen LogP contribution in [0.15, 0.2) is 12.3 Å². The van der Waals surface area contributed by atoms with Crippen LogP contribution in [0.5, 0.6) is 0 Å². The summed E-state index contributed by atoms with van der Waals surface area (Å²) in [7, 11) is 0. The average molecular weight is 291 g/mol. The van der Waals surface area contributed by atoms with Crippen LogP contribution < -0.4 is 10.2 Å². The van der Waals surface area contributed by atoms with Gasteiger partial charge >= 0.3 is 0 Å². The molecule has 6 heteroatoms. The van der Waals surface area contributed by atoms with Gasteiger partial charge in [0.1, 0.15) is 11.6 Å². The van der Waals surface area contributed by atoms with Gasteiger partial charge in [-0.05, 0) is 25.8 Å². The molecule has 3 heterocycles. The lowest BCUT2D eigenvalue weighted by atomic mass is 9.90. The van der Waals surface area contributed by atoms with E-state index in [1.165, 1.54) is 0 Å². The number of aliphatic hydroxyl groups is 1. The number of rotatable bonds is 3. The number of piperazine rings is 1. The molecule has 2 aliphatic rings. The molecular weight excluding hydrogens is 266 g/mol. The van der Waals surface area contributed by atoms with E-state index in [1.54, 1.807) is 6.20 Å². The minimum atomic E-state index is -0.546. The zero-order valence-electron chi connectivity index (χ0n) is 12.8. The Morgan fingerprint density at radius 2 is 1.95 bits per heavy atom. The number of piperidine rings is 1. The Morgan fingerprint density at radius 1 is 1.24 bits per heavy atom. The normalized spacial score (nSPS) is 23.2. The first-order valence-electron chi connectivity index (χ1n) is 7.85. The first-order valence-corrected chi connectivity index (χ1v) is 7.85. The lowest BCUT2D eigenvalue weighted by Gasteiger charge is -2.42. The Bertz CT molecular complexity index is 467. The molecule has 2 saturated heterocycles. The molecule has 1 aromatic rings. The van der Waals surface area contributed by atoms with Crippen LogP contribution in [0.3, 0.4) is 0 Å². The summed E-state index contributed by atoms with van der Waals surface area (Å²) in [6.45, 7) is 8.57. The zero-order valence-corrected chi connectivity index (χ0v) is 12.8. The van der Waals surface area contributed by atoms with Gasteiger partial charge in [-0.15, -0.1) is 0 Å². The van der Waals surface area contributed by atoms with Crippen molar-refractivity contribution in [1.82, 2.24) is 20.2 Å². The largest absolute Gasteiger partial charge is 0.388 e. The number of anilines is 1. The number of nitrogens with one attached hydrogen (secondary N) is 1. The molecule has 0 amide bonds. The van der Waals surface area contributed by atoms with Crippen LogP contribution in [0.25, 0.3) is 0 Å². The third-order valence-electron chi connectivity index (χ3n) is 4.51. The summed E-state index contributed by atoms with van der Waals surface area (Å²) in [4.78, 5) is 13.2. The molecule has 116 valence electrons. The standard InChI is InChI=1S/C15H25N5O/c1-13-17-5-2-14(18-13)20-8-3-15(21,4-9-20)12-19-10-6-16-7-11-19/h2,5,16,21H,3-4,6-12H2,1H3. The van der Waals surface area contributed by atoms with Gasteiger partial charge in [-0.1, -0.05) is 0 Å². The van der Waals surface area contributed by atoms with E-state index in [0.717, 1.165) is 70.3 Å². The summed E-state index contributed by atoms with van der Waals surface area (Å²) in [5, 5.41) is 14.2. The van der Waals surface area contributed by atoms with E-state index in [4.69, 9.17) is 0 Å². The summed E-state index contributed by atoms with van der Waals surface area (Å²) in [6, 6.07) is 1.95. The van der Waals surface area contributed by atoms with E-state index in [2.05, 4.69) is 25.1 Å². The van der Waals surface area contributed by atoms with E-state index >= 15 is 0 Å². The second kappa shape index (κ2) is 6.25. The Kier molecular flexibility index (Phi) is 4.37. The molecule has 0 aliphatic carbocycles. The highest BCUT2D eigenvalue weighted by Crippen LogP contribution is 2.26. The molecular formula is C15H25N5O. The molecule has 3 rings (SSSR count). The maximum absolute atomic E-state index is 10.8. The smallest absolute Gasteiger partial charge is 0.132 e. The summed E-state index contributed by atoms with van der Waals surface area (Å²) in [6.07, 6.45) is 3.42. The van der Waals surface area contributed by atoms with Gasteiger partial charge in [0.05, 0.1) is 5.60 Å². The van der Waals surface area contributed by atoms with Crippen molar-refractivity contribution < 1.29 is 5.11 Å². The van der Waals surface area contributed by atoms with E-state index in [-0.39, 0.29) is 0 Å². The van der Waals surface area contributed by atoms with Crippen molar-refractivity contribution in [2.45, 2.75) is 25.4 Å². The SMILES string of the molecule is Cc1nccc(N2CCC(O)(CN3CCNCC3)CC2)n1. The third kappa shape index (κ3) is 3.70. The highest BCUT2D eigenvalue weighted by atomic mass is 16.3. The van der Waals surface area contributed by atoms with Gasteiger partial charge in [0.2, 0.25) is 0 Å². The van der Waals surface area contributed by atoms with Gasteiger partial charge in [-0.25, -0.2) is 9.97 Å². The zero-order chi connectivity index (χ0) is 14.7. The van der Waals surface area contributed by atoms with Crippen molar-refractivity contribution in [3.05, 3.63) is 18.1 Å². The van der Waals surface area contributed by atoms with Gasteiger partial charge in [0.15, 0.2) is 0 Å². The highest BCUT2D eigenvalue weighted by molar-refractivity contribution is 5.38. The molecule has 0 saturated carbocycles. The second-order valence-electron chi connectivity index (χ2n) is 6.20. The fraction of sp³-hybridized carbons (Fsp3) is 0.733. The number of hydrogen-bond acceptors (Lipinski definition) is 6. The van der Waals surface area contributed by atoms with E-state index in [9.17, 15) is 5.11 Å². The molecule has 2 N–H and O–H groups in total. The topological polar surface area (TPSA) is 64.5 Å². The third-order valence-corrected chi connectivity index (χ3v) is 4.51. The predicted octanol–water partition coefficient (Wildman–Crippen LogP) is 0.0215. The first kappa shape index (κ1) is 14.7. The number of β-amino-alcohol motifs (C(OH)–C–C–N with tert-alkyl or cyclic N) is 1. The molecule has 0 bridgehead atoms. The molecule has 21 heavy (non-hydrogen) atoms. The quantitative estimate of drug-likeness (QED) is 0.819. The van der Waals surface area contributed by atoms with Gasteiger partial charge in [0, 0.05) is 52.0 Å². The van der Waals surface area contributed by atoms with E-state index in [0.29, 0.717) is 0 Å². The average Bonchev–Trinajstić information content (AvgIpc) is 2.49. The van der Waals surface area contributed by atoms with Crippen LogP contribution in [-0.4, -0.2) is 71.4 Å². The Morgan fingerprint density at radius 3 is 2.62 bits per heavy atom. The van der Waals surface area contributed by atoms with Crippen LogP contribution in [0.1, 0.15) is 18.7 Å². The molecule has 0 aromatic carbocycles. The molecule has 1 aromatic heterocycles. The summed E-state index contributed by atoms with van der Waals surface area (Å²) >= 11 is 0. The minimum absolute atomic E-state index is 0.546. The Balaban J connectivity index is 1.56. The Hall–Kier alpha value is -1.24. The monoisotopic (exact) mass is 291 g/mol. The molecule has 2 fully saturated rings. The number of hydrogen-bond donors (Lipinski definition) is 2. The summed E-state index contributed by atoms with van der Waals surface area (Å²) < 4.78 is 0. The van der Waals surface area contributed by atoms with Crippen LogP contribution in [0.4, 0.5) is 5.82 Å². The van der Waals surface area contributed by atoms with Crippen LogP contribution in [0, 0.1) is 6.92 Å². The maximum atomic E-state index is 10.8. The van der Waals surface area contributed by atoms with Crippen molar-refractivity contribution in [3.63, 3.8) is 0 Å². The van der Waals surface area contributed by atoms with Gasteiger partial charge in [0.25, 0.3) is 0 Å². The van der Waals surface area contributed by atoms with Crippen LogP contribution in [-0.2, 0) is 0 Å².